The first kappa shape index (κ1) is 11.9. The first-order valence-electron chi connectivity index (χ1n) is 4.34. The molecule has 0 bridgehead atoms. The minimum absolute atomic E-state index is 0.250. The normalized spacial score (nSPS) is 12.2. The van der Waals surface area contributed by atoms with Gasteiger partial charge in [0.1, 0.15) is 6.04 Å². The summed E-state index contributed by atoms with van der Waals surface area (Å²) in [7, 11) is 0. The van der Waals surface area contributed by atoms with E-state index in [9.17, 15) is 9.59 Å². The Bertz CT molecular complexity index is 182. The summed E-state index contributed by atoms with van der Waals surface area (Å²) < 4.78 is 0. The lowest BCUT2D eigenvalue weighted by atomic mass is 10.2. The molecule has 0 aliphatic carbocycles. The SMILES string of the molecule is CC[C@H](NC(=O)CCCN)C(=O)O. The van der Waals surface area contributed by atoms with Crippen molar-refractivity contribution in [1.82, 2.24) is 5.32 Å². The molecule has 4 N–H and O–H groups in total. The van der Waals surface area contributed by atoms with Gasteiger partial charge >= 0.3 is 5.97 Å². The van der Waals surface area contributed by atoms with Crippen molar-refractivity contribution in [2.45, 2.75) is 32.2 Å². The molecule has 0 heterocycles. The zero-order valence-corrected chi connectivity index (χ0v) is 7.75. The molecule has 0 aromatic heterocycles. The highest BCUT2D eigenvalue weighted by Gasteiger charge is 2.16. The molecule has 0 aliphatic heterocycles. The number of nitrogens with one attached hydrogen (secondary N) is 1. The first-order chi connectivity index (χ1) is 6.11. The van der Waals surface area contributed by atoms with E-state index in [0.29, 0.717) is 25.8 Å². The first-order valence-corrected chi connectivity index (χ1v) is 4.34. The summed E-state index contributed by atoms with van der Waals surface area (Å²) >= 11 is 0. The number of carbonyl (C=O) groups is 2. The van der Waals surface area contributed by atoms with Crippen molar-refractivity contribution in [3.63, 3.8) is 0 Å². The molecule has 1 atom stereocenters. The predicted molar refractivity (Wildman–Crippen MR) is 48.1 cm³/mol. The number of nitrogens with two attached hydrogens (primary N) is 1. The van der Waals surface area contributed by atoms with Gasteiger partial charge in [0.25, 0.3) is 0 Å². The van der Waals surface area contributed by atoms with Crippen LogP contribution in [0.4, 0.5) is 0 Å². The molecule has 0 aromatic carbocycles. The smallest absolute Gasteiger partial charge is 0.326 e. The van der Waals surface area contributed by atoms with Gasteiger partial charge in [0.15, 0.2) is 0 Å². The second-order valence-corrected chi connectivity index (χ2v) is 2.76. The maximum atomic E-state index is 11.0. The van der Waals surface area contributed by atoms with Gasteiger partial charge in [-0.2, -0.15) is 0 Å². The number of carbonyl (C=O) groups excluding carboxylic acids is 1. The third-order valence-corrected chi connectivity index (χ3v) is 1.65. The molecule has 5 nitrogen and oxygen atoms in total. The largest absolute Gasteiger partial charge is 0.480 e. The molecular formula is C8H16N2O3. The molecule has 0 saturated carbocycles. The van der Waals surface area contributed by atoms with Crippen molar-refractivity contribution in [2.75, 3.05) is 6.54 Å². The van der Waals surface area contributed by atoms with Crippen LogP contribution in [0.1, 0.15) is 26.2 Å². The Morgan fingerprint density at radius 1 is 1.54 bits per heavy atom. The van der Waals surface area contributed by atoms with Gasteiger partial charge in [-0.05, 0) is 19.4 Å². The molecule has 0 fully saturated rings. The molecule has 0 aliphatic rings. The molecule has 0 unspecified atom stereocenters. The molecule has 0 rings (SSSR count). The average Bonchev–Trinajstić information content (AvgIpc) is 2.10. The van der Waals surface area contributed by atoms with Crippen LogP contribution in [0.15, 0.2) is 0 Å². The Labute approximate surface area is 77.3 Å². The molecule has 0 saturated heterocycles. The fourth-order valence-electron chi connectivity index (χ4n) is 0.868. The summed E-state index contributed by atoms with van der Waals surface area (Å²) in [5.41, 5.74) is 5.20. The molecule has 0 aromatic rings. The molecule has 5 heteroatoms. The van der Waals surface area contributed by atoms with Crippen molar-refractivity contribution < 1.29 is 14.7 Å². The predicted octanol–water partition coefficient (Wildman–Crippen LogP) is -0.295. The number of carboxylic acid groups (broad SMARTS) is 1. The topological polar surface area (TPSA) is 92.4 Å². The number of rotatable bonds is 6. The maximum Gasteiger partial charge on any atom is 0.326 e. The summed E-state index contributed by atoms with van der Waals surface area (Å²) in [6.45, 7) is 2.15. The Morgan fingerprint density at radius 3 is 2.54 bits per heavy atom. The number of amides is 1. The molecular weight excluding hydrogens is 172 g/mol. The zero-order chi connectivity index (χ0) is 10.3. The summed E-state index contributed by atoms with van der Waals surface area (Å²) in [5.74, 6) is -1.25. The van der Waals surface area contributed by atoms with E-state index < -0.39 is 12.0 Å². The maximum absolute atomic E-state index is 11.0. The van der Waals surface area contributed by atoms with Gasteiger partial charge in [0.05, 0.1) is 0 Å². The fraction of sp³-hybridized carbons (Fsp3) is 0.750. The van der Waals surface area contributed by atoms with Gasteiger partial charge in [-0.25, -0.2) is 4.79 Å². The lowest BCUT2D eigenvalue weighted by Gasteiger charge is -2.11. The highest BCUT2D eigenvalue weighted by molar-refractivity contribution is 5.83. The van der Waals surface area contributed by atoms with Gasteiger partial charge in [-0.3, -0.25) is 4.79 Å². The summed E-state index contributed by atoms with van der Waals surface area (Å²) in [6.07, 6.45) is 1.27. The van der Waals surface area contributed by atoms with Crippen molar-refractivity contribution in [2.24, 2.45) is 5.73 Å². The van der Waals surface area contributed by atoms with Crippen molar-refractivity contribution in [1.29, 1.82) is 0 Å². The van der Waals surface area contributed by atoms with Crippen LogP contribution in [0.25, 0.3) is 0 Å². The van der Waals surface area contributed by atoms with E-state index in [-0.39, 0.29) is 5.91 Å². The standard InChI is InChI=1S/C8H16N2O3/c1-2-6(8(12)13)10-7(11)4-3-5-9/h6H,2-5,9H2,1H3,(H,10,11)(H,12,13)/t6-/m0/s1. The Morgan fingerprint density at radius 2 is 2.15 bits per heavy atom. The van der Waals surface area contributed by atoms with E-state index in [1.165, 1.54) is 0 Å². The Balaban J connectivity index is 3.80. The summed E-state index contributed by atoms with van der Waals surface area (Å²) in [6, 6.07) is -0.773. The van der Waals surface area contributed by atoms with Crippen LogP contribution in [0.3, 0.4) is 0 Å². The van der Waals surface area contributed by atoms with Crippen LogP contribution < -0.4 is 11.1 Å². The van der Waals surface area contributed by atoms with Crippen LogP contribution in [0.2, 0.25) is 0 Å². The lowest BCUT2D eigenvalue weighted by molar-refractivity contribution is -0.141. The molecule has 0 radical (unpaired) electrons. The van der Waals surface area contributed by atoms with E-state index in [2.05, 4.69) is 5.32 Å². The van der Waals surface area contributed by atoms with E-state index in [1.807, 2.05) is 0 Å². The quantitative estimate of drug-likeness (QED) is 0.533. The average molecular weight is 188 g/mol. The number of aliphatic carboxylic acids is 1. The monoisotopic (exact) mass is 188 g/mol. The van der Waals surface area contributed by atoms with Crippen LogP contribution in [-0.4, -0.2) is 29.6 Å². The highest BCUT2D eigenvalue weighted by Crippen LogP contribution is 1.93. The van der Waals surface area contributed by atoms with Gasteiger partial charge in [-0.1, -0.05) is 6.92 Å². The van der Waals surface area contributed by atoms with Crippen molar-refractivity contribution >= 4 is 11.9 Å². The Kier molecular flexibility index (Phi) is 5.88. The third kappa shape index (κ3) is 5.19. The van der Waals surface area contributed by atoms with Crippen molar-refractivity contribution in [3.05, 3.63) is 0 Å². The molecule has 0 spiro atoms. The minimum atomic E-state index is -0.997. The second kappa shape index (κ2) is 6.42. The number of carboxylic acids is 1. The van der Waals surface area contributed by atoms with Crippen LogP contribution in [0, 0.1) is 0 Å². The van der Waals surface area contributed by atoms with Crippen molar-refractivity contribution in [3.8, 4) is 0 Å². The Hall–Kier alpha value is -1.10. The fourth-order valence-corrected chi connectivity index (χ4v) is 0.868. The number of hydrogen-bond acceptors (Lipinski definition) is 3. The highest BCUT2D eigenvalue weighted by atomic mass is 16.4. The van der Waals surface area contributed by atoms with E-state index in [1.54, 1.807) is 6.92 Å². The summed E-state index contributed by atoms with van der Waals surface area (Å²) in [4.78, 5) is 21.5. The van der Waals surface area contributed by atoms with E-state index in [0.717, 1.165) is 0 Å². The van der Waals surface area contributed by atoms with Gasteiger partial charge < -0.3 is 16.2 Å². The van der Waals surface area contributed by atoms with Crippen LogP contribution in [-0.2, 0) is 9.59 Å². The third-order valence-electron chi connectivity index (χ3n) is 1.65. The molecule has 1 amide bonds. The second-order valence-electron chi connectivity index (χ2n) is 2.76. The lowest BCUT2D eigenvalue weighted by Crippen LogP contribution is -2.40. The van der Waals surface area contributed by atoms with Gasteiger partial charge in [0.2, 0.25) is 5.91 Å². The van der Waals surface area contributed by atoms with E-state index in [4.69, 9.17) is 10.8 Å². The van der Waals surface area contributed by atoms with Crippen LogP contribution >= 0.6 is 0 Å². The van der Waals surface area contributed by atoms with E-state index >= 15 is 0 Å². The van der Waals surface area contributed by atoms with Gasteiger partial charge in [-0.15, -0.1) is 0 Å². The summed E-state index contributed by atoms with van der Waals surface area (Å²) in [5, 5.41) is 11.0. The van der Waals surface area contributed by atoms with Crippen LogP contribution in [0.5, 0.6) is 0 Å². The molecule has 76 valence electrons. The zero-order valence-electron chi connectivity index (χ0n) is 7.75. The minimum Gasteiger partial charge on any atom is -0.480 e. The number of hydrogen-bond donors (Lipinski definition) is 3. The molecule has 13 heavy (non-hydrogen) atoms. The van der Waals surface area contributed by atoms with Gasteiger partial charge in [0, 0.05) is 6.42 Å².